The lowest BCUT2D eigenvalue weighted by Gasteiger charge is -2.18. The predicted molar refractivity (Wildman–Crippen MR) is 65.4 cm³/mol. The molecule has 1 rings (SSSR count). The third-order valence-corrected chi connectivity index (χ3v) is 5.12. The molecule has 0 aliphatic heterocycles. The molecule has 0 aromatic heterocycles. The van der Waals surface area contributed by atoms with Crippen molar-refractivity contribution in [3.8, 4) is 0 Å². The fourth-order valence-corrected chi connectivity index (χ4v) is 3.43. The van der Waals surface area contributed by atoms with E-state index >= 15 is 0 Å². The minimum Gasteiger partial charge on any atom is -0.0688 e. The van der Waals surface area contributed by atoms with Crippen LogP contribution in [-0.4, -0.2) is 17.6 Å². The highest BCUT2D eigenvalue weighted by Crippen LogP contribution is 2.02. The van der Waals surface area contributed by atoms with Crippen LogP contribution in [0.5, 0.6) is 0 Å². The molecule has 1 aromatic carbocycles. The van der Waals surface area contributed by atoms with Crippen molar-refractivity contribution in [1.29, 1.82) is 0 Å². The molecule has 0 spiro atoms. The van der Waals surface area contributed by atoms with Gasteiger partial charge in [-0.25, -0.2) is 0 Å². The Balaban J connectivity index is 3.16. The summed E-state index contributed by atoms with van der Waals surface area (Å²) in [5, 5.41) is 3.11. The normalized spacial score (nSPS) is 11.8. The van der Waals surface area contributed by atoms with Gasteiger partial charge in [0.25, 0.3) is 0 Å². The van der Waals surface area contributed by atoms with Gasteiger partial charge in [0.2, 0.25) is 0 Å². The Morgan fingerprint density at radius 1 is 1.08 bits per heavy atom. The first-order valence-corrected chi connectivity index (χ1v) is 9.73. The zero-order chi connectivity index (χ0) is 10.1. The van der Waals surface area contributed by atoms with Crippen LogP contribution in [0.25, 0.3) is 0 Å². The molecule has 70 valence electrons. The summed E-state index contributed by atoms with van der Waals surface area (Å²) < 4.78 is 0. The minimum absolute atomic E-state index is 0.924. The highest BCUT2D eigenvalue weighted by atomic mass is 28.3. The van der Waals surface area contributed by atoms with E-state index in [2.05, 4.69) is 51.3 Å². The van der Waals surface area contributed by atoms with Crippen LogP contribution in [0.3, 0.4) is 0 Å². The zero-order valence-electron chi connectivity index (χ0n) is 9.23. The summed E-state index contributed by atoms with van der Waals surface area (Å²) in [6, 6.07) is 7.07. The maximum Gasteiger partial charge on any atom is 0.0775 e. The van der Waals surface area contributed by atoms with E-state index in [1.165, 1.54) is 10.8 Å². The van der Waals surface area contributed by atoms with Crippen molar-refractivity contribution < 1.29 is 0 Å². The largest absolute Gasteiger partial charge is 0.0775 e. The Hall–Kier alpha value is -0.346. The van der Waals surface area contributed by atoms with Crippen molar-refractivity contribution in [3.63, 3.8) is 0 Å². The first-order chi connectivity index (χ1) is 5.93. The standard InChI is InChI=1S/C11H18Si2/c1-9-6-10(12-2)8-11(7-9)13(3,4)5/h6-8H,1-5H3. The Kier molecular flexibility index (Phi) is 3.14. The van der Waals surface area contributed by atoms with Crippen molar-refractivity contribution in [2.75, 3.05) is 0 Å². The smallest absolute Gasteiger partial charge is 0.0688 e. The summed E-state index contributed by atoms with van der Waals surface area (Å²) in [6.45, 7) is 11.7. The van der Waals surface area contributed by atoms with Gasteiger partial charge in [0.1, 0.15) is 0 Å². The molecule has 0 unspecified atom stereocenters. The highest BCUT2D eigenvalue weighted by Gasteiger charge is 2.16. The van der Waals surface area contributed by atoms with Gasteiger partial charge in [-0.3, -0.25) is 0 Å². The molecule has 0 saturated carbocycles. The molecule has 2 radical (unpaired) electrons. The monoisotopic (exact) mass is 206 g/mol. The van der Waals surface area contributed by atoms with E-state index in [1.807, 2.05) is 0 Å². The average molecular weight is 206 g/mol. The quantitative estimate of drug-likeness (QED) is 0.649. The lowest BCUT2D eigenvalue weighted by Crippen LogP contribution is -2.40. The second-order valence-corrected chi connectivity index (χ2v) is 10.7. The average Bonchev–Trinajstić information content (AvgIpc) is 2.01. The van der Waals surface area contributed by atoms with E-state index in [-0.39, 0.29) is 0 Å². The second-order valence-electron chi connectivity index (χ2n) is 4.59. The molecule has 0 heterocycles. The topological polar surface area (TPSA) is 0 Å². The van der Waals surface area contributed by atoms with Crippen molar-refractivity contribution >= 4 is 28.0 Å². The molecule has 13 heavy (non-hydrogen) atoms. The highest BCUT2D eigenvalue weighted by molar-refractivity contribution is 6.88. The van der Waals surface area contributed by atoms with Crippen LogP contribution in [0.15, 0.2) is 18.2 Å². The van der Waals surface area contributed by atoms with E-state index in [4.69, 9.17) is 0 Å². The summed E-state index contributed by atoms with van der Waals surface area (Å²) in [4.78, 5) is 0. The molecule has 0 saturated heterocycles. The van der Waals surface area contributed by atoms with E-state index < -0.39 is 8.07 Å². The molecule has 0 fully saturated rings. The summed E-state index contributed by atoms with van der Waals surface area (Å²) in [6.07, 6.45) is 0. The summed E-state index contributed by atoms with van der Waals surface area (Å²) in [5.74, 6) is 0. The number of hydrogen-bond acceptors (Lipinski definition) is 0. The van der Waals surface area contributed by atoms with Gasteiger partial charge in [0.05, 0.1) is 17.6 Å². The van der Waals surface area contributed by atoms with Gasteiger partial charge in [-0.2, -0.15) is 0 Å². The van der Waals surface area contributed by atoms with Gasteiger partial charge in [-0.1, -0.05) is 60.3 Å². The molecular formula is C11H18Si2. The Morgan fingerprint density at radius 3 is 2.15 bits per heavy atom. The van der Waals surface area contributed by atoms with E-state index in [0.29, 0.717) is 0 Å². The summed E-state index contributed by atoms with van der Waals surface area (Å²) >= 11 is 0. The first-order valence-electron chi connectivity index (χ1n) is 4.73. The van der Waals surface area contributed by atoms with Gasteiger partial charge < -0.3 is 0 Å². The molecule has 2 heteroatoms. The van der Waals surface area contributed by atoms with Crippen molar-refractivity contribution in [1.82, 2.24) is 0 Å². The van der Waals surface area contributed by atoms with Gasteiger partial charge >= 0.3 is 0 Å². The lowest BCUT2D eigenvalue weighted by molar-refractivity contribution is 1.50. The first kappa shape index (κ1) is 10.7. The van der Waals surface area contributed by atoms with E-state index in [9.17, 15) is 0 Å². The fourth-order valence-electron chi connectivity index (χ4n) is 1.36. The number of rotatable bonds is 2. The fraction of sp³-hybridized carbons (Fsp3) is 0.455. The molecule has 1 aromatic rings. The molecule has 0 aliphatic rings. The second kappa shape index (κ2) is 3.80. The van der Waals surface area contributed by atoms with Gasteiger partial charge in [-0.05, 0) is 6.92 Å². The van der Waals surface area contributed by atoms with Gasteiger partial charge in [-0.15, -0.1) is 0 Å². The molecular weight excluding hydrogens is 188 g/mol. The lowest BCUT2D eigenvalue weighted by atomic mass is 10.2. The van der Waals surface area contributed by atoms with Gasteiger partial charge in [0, 0.05) is 0 Å². The third-order valence-electron chi connectivity index (χ3n) is 2.23. The van der Waals surface area contributed by atoms with Crippen molar-refractivity contribution in [3.05, 3.63) is 23.8 Å². The van der Waals surface area contributed by atoms with Crippen molar-refractivity contribution in [2.45, 2.75) is 33.1 Å². The van der Waals surface area contributed by atoms with Gasteiger partial charge in [0.15, 0.2) is 0 Å². The number of benzene rings is 1. The molecule has 0 atom stereocenters. The van der Waals surface area contributed by atoms with E-state index in [1.54, 1.807) is 5.19 Å². The van der Waals surface area contributed by atoms with Crippen LogP contribution in [0, 0.1) is 6.92 Å². The minimum atomic E-state index is -1.11. The van der Waals surface area contributed by atoms with Crippen LogP contribution in [0.4, 0.5) is 0 Å². The van der Waals surface area contributed by atoms with Crippen LogP contribution < -0.4 is 10.4 Å². The summed E-state index contributed by atoms with van der Waals surface area (Å²) in [5.41, 5.74) is 1.42. The van der Waals surface area contributed by atoms with Crippen molar-refractivity contribution in [2.24, 2.45) is 0 Å². The molecule has 0 aliphatic carbocycles. The zero-order valence-corrected chi connectivity index (χ0v) is 11.2. The SMILES string of the molecule is C[Si]c1cc(C)cc([Si](C)(C)C)c1. The number of hydrogen-bond donors (Lipinski definition) is 0. The summed E-state index contributed by atoms with van der Waals surface area (Å²) in [7, 11) is -0.184. The Morgan fingerprint density at radius 2 is 1.69 bits per heavy atom. The maximum absolute atomic E-state index is 2.41. The molecule has 0 amide bonds. The number of aryl methyl sites for hydroxylation is 1. The Bertz CT molecular complexity index is 297. The van der Waals surface area contributed by atoms with Crippen LogP contribution in [-0.2, 0) is 0 Å². The Labute approximate surface area is 85.2 Å². The molecule has 0 bridgehead atoms. The third kappa shape index (κ3) is 2.81. The molecule has 0 N–H and O–H groups in total. The predicted octanol–water partition coefficient (Wildman–Crippen LogP) is 1.92. The van der Waals surface area contributed by atoms with Crippen LogP contribution in [0.1, 0.15) is 5.56 Å². The maximum atomic E-state index is 2.41. The molecule has 0 nitrogen and oxygen atoms in total. The van der Waals surface area contributed by atoms with E-state index in [0.717, 1.165) is 9.52 Å². The van der Waals surface area contributed by atoms with Crippen LogP contribution in [0.2, 0.25) is 26.2 Å². The van der Waals surface area contributed by atoms with Crippen LogP contribution >= 0.6 is 0 Å².